The highest BCUT2D eigenvalue weighted by atomic mass is 35.5. The van der Waals surface area contributed by atoms with Gasteiger partial charge < -0.3 is 9.84 Å². The standard InChI is InChI=1S/C14H15Cl2N3O2S/c1-7(14-18-9(3)19-21-14)17-13(20)8(2)22-12-6-10(15)4-5-11(12)16/h4-8H,1-3H3,(H,17,20). The first-order valence-corrected chi connectivity index (χ1v) is 8.22. The minimum Gasteiger partial charge on any atom is -0.344 e. The molecular formula is C14H15Cl2N3O2S. The van der Waals surface area contributed by atoms with E-state index in [4.69, 9.17) is 27.7 Å². The molecule has 1 N–H and O–H groups in total. The van der Waals surface area contributed by atoms with Crippen LogP contribution < -0.4 is 5.32 Å². The van der Waals surface area contributed by atoms with Crippen LogP contribution >= 0.6 is 35.0 Å². The highest BCUT2D eigenvalue weighted by Crippen LogP contribution is 2.32. The summed E-state index contributed by atoms with van der Waals surface area (Å²) in [5.41, 5.74) is 0. The number of hydrogen-bond donors (Lipinski definition) is 1. The quantitative estimate of drug-likeness (QED) is 0.815. The van der Waals surface area contributed by atoms with Crippen LogP contribution in [0.1, 0.15) is 31.6 Å². The average molecular weight is 360 g/mol. The molecule has 2 rings (SSSR count). The minimum atomic E-state index is -0.355. The monoisotopic (exact) mass is 359 g/mol. The Morgan fingerprint density at radius 3 is 2.73 bits per heavy atom. The first-order valence-electron chi connectivity index (χ1n) is 6.59. The molecule has 1 heterocycles. The molecule has 0 saturated carbocycles. The number of halogens is 2. The third-order valence-corrected chi connectivity index (χ3v) is 4.67. The Kier molecular flexibility index (Phi) is 5.72. The summed E-state index contributed by atoms with van der Waals surface area (Å²) in [4.78, 5) is 17.1. The molecule has 118 valence electrons. The number of benzene rings is 1. The topological polar surface area (TPSA) is 68.0 Å². The van der Waals surface area contributed by atoms with E-state index in [1.165, 1.54) is 11.8 Å². The van der Waals surface area contributed by atoms with Gasteiger partial charge in [0.05, 0.1) is 10.3 Å². The highest BCUT2D eigenvalue weighted by molar-refractivity contribution is 8.00. The van der Waals surface area contributed by atoms with E-state index in [-0.39, 0.29) is 17.2 Å². The van der Waals surface area contributed by atoms with Crippen LogP contribution in [0.2, 0.25) is 10.0 Å². The lowest BCUT2D eigenvalue weighted by atomic mass is 10.3. The van der Waals surface area contributed by atoms with Crippen LogP contribution in [-0.4, -0.2) is 21.3 Å². The van der Waals surface area contributed by atoms with Crippen LogP contribution in [-0.2, 0) is 4.79 Å². The predicted molar refractivity (Wildman–Crippen MR) is 87.4 cm³/mol. The zero-order valence-corrected chi connectivity index (χ0v) is 14.6. The van der Waals surface area contributed by atoms with E-state index in [0.717, 1.165) is 4.90 Å². The van der Waals surface area contributed by atoms with Gasteiger partial charge in [-0.05, 0) is 39.0 Å². The van der Waals surface area contributed by atoms with Crippen LogP contribution in [0.3, 0.4) is 0 Å². The molecule has 2 atom stereocenters. The second-order valence-corrected chi connectivity index (χ2v) is 6.97. The average Bonchev–Trinajstić information content (AvgIpc) is 2.89. The van der Waals surface area contributed by atoms with Crippen LogP contribution in [0, 0.1) is 6.92 Å². The van der Waals surface area contributed by atoms with Crippen molar-refractivity contribution in [3.05, 3.63) is 40.0 Å². The summed E-state index contributed by atoms with van der Waals surface area (Å²) in [6, 6.07) is 4.80. The van der Waals surface area contributed by atoms with Gasteiger partial charge in [0.1, 0.15) is 6.04 Å². The lowest BCUT2D eigenvalue weighted by molar-refractivity contribution is -0.121. The van der Waals surface area contributed by atoms with Crippen molar-refractivity contribution in [2.75, 3.05) is 0 Å². The number of aryl methyl sites for hydroxylation is 1. The summed E-state index contributed by atoms with van der Waals surface area (Å²) in [7, 11) is 0. The first-order chi connectivity index (χ1) is 10.4. The smallest absolute Gasteiger partial charge is 0.248 e. The fourth-order valence-corrected chi connectivity index (χ4v) is 3.11. The molecule has 22 heavy (non-hydrogen) atoms. The number of aromatic nitrogens is 2. The number of rotatable bonds is 5. The summed E-state index contributed by atoms with van der Waals surface area (Å²) in [6.45, 7) is 5.30. The largest absolute Gasteiger partial charge is 0.344 e. The van der Waals surface area contributed by atoms with Gasteiger partial charge in [0.2, 0.25) is 11.8 Å². The first kappa shape index (κ1) is 17.1. The molecule has 0 saturated heterocycles. The molecule has 0 aliphatic carbocycles. The van der Waals surface area contributed by atoms with Gasteiger partial charge in [-0.3, -0.25) is 4.79 Å². The van der Waals surface area contributed by atoms with Crippen molar-refractivity contribution < 1.29 is 9.32 Å². The zero-order chi connectivity index (χ0) is 16.3. The molecule has 0 fully saturated rings. The van der Waals surface area contributed by atoms with Gasteiger partial charge in [-0.15, -0.1) is 11.8 Å². The number of carbonyl (C=O) groups excluding carboxylic acids is 1. The number of thioether (sulfide) groups is 1. The zero-order valence-electron chi connectivity index (χ0n) is 12.3. The summed E-state index contributed by atoms with van der Waals surface area (Å²) >= 11 is 13.4. The van der Waals surface area contributed by atoms with Gasteiger partial charge in [0.15, 0.2) is 5.82 Å². The van der Waals surface area contributed by atoms with Crippen molar-refractivity contribution in [3.63, 3.8) is 0 Å². The van der Waals surface area contributed by atoms with Crippen molar-refractivity contribution in [1.29, 1.82) is 0 Å². The Labute approximate surface area is 142 Å². The molecule has 8 heteroatoms. The number of nitrogens with zero attached hydrogens (tertiary/aromatic N) is 2. The van der Waals surface area contributed by atoms with Gasteiger partial charge in [-0.1, -0.05) is 28.4 Å². The fraction of sp³-hybridized carbons (Fsp3) is 0.357. The van der Waals surface area contributed by atoms with E-state index in [2.05, 4.69) is 15.5 Å². The Bertz CT molecular complexity index is 678. The fourth-order valence-electron chi connectivity index (χ4n) is 1.69. The lowest BCUT2D eigenvalue weighted by Crippen LogP contribution is -2.33. The Hall–Kier alpha value is -1.24. The van der Waals surface area contributed by atoms with Gasteiger partial charge in [0.25, 0.3) is 0 Å². The minimum absolute atomic E-state index is 0.149. The van der Waals surface area contributed by atoms with Crippen molar-refractivity contribution in [2.24, 2.45) is 0 Å². The molecular weight excluding hydrogens is 345 g/mol. The van der Waals surface area contributed by atoms with E-state index in [1.54, 1.807) is 39.0 Å². The summed E-state index contributed by atoms with van der Waals surface area (Å²) in [5.74, 6) is 0.762. The van der Waals surface area contributed by atoms with Crippen LogP contribution in [0.4, 0.5) is 0 Å². The van der Waals surface area contributed by atoms with Gasteiger partial charge in [-0.2, -0.15) is 4.98 Å². The maximum atomic E-state index is 12.2. The molecule has 0 aliphatic rings. The Morgan fingerprint density at radius 2 is 2.09 bits per heavy atom. The molecule has 1 aromatic carbocycles. The van der Waals surface area contributed by atoms with Crippen molar-refractivity contribution in [1.82, 2.24) is 15.5 Å². The van der Waals surface area contributed by atoms with Crippen LogP contribution in [0.15, 0.2) is 27.6 Å². The molecule has 1 aromatic heterocycles. The van der Waals surface area contributed by atoms with Crippen molar-refractivity contribution in [3.8, 4) is 0 Å². The van der Waals surface area contributed by atoms with Crippen molar-refractivity contribution >= 4 is 40.9 Å². The molecule has 2 aromatic rings. The number of hydrogen-bond acceptors (Lipinski definition) is 5. The second-order valence-electron chi connectivity index (χ2n) is 4.74. The lowest BCUT2D eigenvalue weighted by Gasteiger charge is -2.15. The SMILES string of the molecule is Cc1noc(C(C)NC(=O)C(C)Sc2cc(Cl)ccc2Cl)n1. The molecule has 5 nitrogen and oxygen atoms in total. The molecule has 1 amide bonds. The van der Waals surface area contributed by atoms with Crippen LogP contribution in [0.5, 0.6) is 0 Å². The Morgan fingerprint density at radius 1 is 1.36 bits per heavy atom. The summed E-state index contributed by atoms with van der Waals surface area (Å²) in [6.07, 6.45) is 0. The molecule has 0 spiro atoms. The molecule has 0 bridgehead atoms. The number of nitrogens with one attached hydrogen (secondary N) is 1. The third kappa shape index (κ3) is 4.38. The second kappa shape index (κ2) is 7.35. The van der Waals surface area contributed by atoms with E-state index >= 15 is 0 Å². The molecule has 0 aliphatic heterocycles. The molecule has 2 unspecified atom stereocenters. The maximum absolute atomic E-state index is 12.2. The predicted octanol–water partition coefficient (Wildman–Crippen LogP) is 4.04. The van der Waals surface area contributed by atoms with E-state index in [9.17, 15) is 4.79 Å². The third-order valence-electron chi connectivity index (χ3n) is 2.84. The van der Waals surface area contributed by atoms with E-state index in [1.807, 2.05) is 0 Å². The van der Waals surface area contributed by atoms with Crippen LogP contribution in [0.25, 0.3) is 0 Å². The summed E-state index contributed by atoms with van der Waals surface area (Å²) in [5, 5.41) is 7.33. The van der Waals surface area contributed by atoms with E-state index in [0.29, 0.717) is 21.8 Å². The Balaban J connectivity index is 1.98. The van der Waals surface area contributed by atoms with Crippen molar-refractivity contribution in [2.45, 2.75) is 37.0 Å². The number of amides is 1. The van der Waals surface area contributed by atoms with E-state index < -0.39 is 0 Å². The highest BCUT2D eigenvalue weighted by Gasteiger charge is 2.21. The number of carbonyl (C=O) groups is 1. The van der Waals surface area contributed by atoms with Gasteiger partial charge in [0, 0.05) is 9.92 Å². The van der Waals surface area contributed by atoms with Gasteiger partial charge in [-0.25, -0.2) is 0 Å². The normalized spacial score (nSPS) is 13.7. The molecule has 0 radical (unpaired) electrons. The summed E-state index contributed by atoms with van der Waals surface area (Å²) < 4.78 is 5.04. The van der Waals surface area contributed by atoms with Gasteiger partial charge >= 0.3 is 0 Å². The maximum Gasteiger partial charge on any atom is 0.248 e.